The Balaban J connectivity index is 2.36. The summed E-state index contributed by atoms with van der Waals surface area (Å²) in [6.07, 6.45) is 2.60. The van der Waals surface area contributed by atoms with Crippen LogP contribution in [0.3, 0.4) is 0 Å². The molecule has 1 aliphatic heterocycles. The van der Waals surface area contributed by atoms with Crippen LogP contribution in [0.15, 0.2) is 4.99 Å². The van der Waals surface area contributed by atoms with Crippen molar-refractivity contribution < 1.29 is 4.74 Å². The van der Waals surface area contributed by atoms with E-state index in [-0.39, 0.29) is 0 Å². The zero-order valence-corrected chi connectivity index (χ0v) is 4.42. The second kappa shape index (κ2) is 1.96. The second-order valence-electron chi connectivity index (χ2n) is 1.76. The third kappa shape index (κ3) is 1.18. The van der Waals surface area contributed by atoms with E-state index in [0.717, 1.165) is 13.0 Å². The number of ether oxygens (including phenoxy) is 1. The maximum atomic E-state index is 4.85. The van der Waals surface area contributed by atoms with Crippen LogP contribution < -0.4 is 0 Å². The van der Waals surface area contributed by atoms with Crippen molar-refractivity contribution >= 4 is 6.40 Å². The normalized spacial score (nSPS) is 29.6. The van der Waals surface area contributed by atoms with Gasteiger partial charge < -0.3 is 4.74 Å². The van der Waals surface area contributed by atoms with Crippen molar-refractivity contribution in [1.82, 2.24) is 0 Å². The van der Waals surface area contributed by atoms with Crippen molar-refractivity contribution in [3.8, 4) is 0 Å². The van der Waals surface area contributed by atoms with Crippen molar-refractivity contribution in [3.05, 3.63) is 0 Å². The smallest absolute Gasteiger partial charge is 0.169 e. The highest BCUT2D eigenvalue weighted by molar-refractivity contribution is 5.47. The molecule has 0 saturated heterocycles. The van der Waals surface area contributed by atoms with Gasteiger partial charge in [0.05, 0.1) is 12.6 Å². The van der Waals surface area contributed by atoms with Gasteiger partial charge in [-0.15, -0.1) is 0 Å². The molecule has 0 aliphatic carbocycles. The number of aliphatic imine (C=N–C) groups is 1. The summed E-state index contributed by atoms with van der Waals surface area (Å²) in [5.74, 6) is 0. The third-order valence-electron chi connectivity index (χ3n) is 1.04. The van der Waals surface area contributed by atoms with Gasteiger partial charge >= 0.3 is 0 Å². The van der Waals surface area contributed by atoms with E-state index in [4.69, 9.17) is 4.74 Å². The average Bonchev–Trinajstić information content (AvgIpc) is 1.69. The fourth-order valence-corrected chi connectivity index (χ4v) is 0.513. The molecule has 1 heterocycles. The molecular weight excluding hydrogens is 90.1 g/mol. The molecule has 0 bridgehead atoms. The molecule has 1 rings (SSSR count). The monoisotopic (exact) mass is 99.1 g/mol. The Labute approximate surface area is 43.2 Å². The van der Waals surface area contributed by atoms with Gasteiger partial charge in [0, 0.05) is 6.42 Å². The molecular formula is C5H9NO. The Morgan fingerprint density at radius 2 is 2.71 bits per heavy atom. The van der Waals surface area contributed by atoms with Gasteiger partial charge in [-0.3, -0.25) is 4.99 Å². The predicted molar refractivity (Wildman–Crippen MR) is 28.5 cm³/mol. The molecule has 0 aromatic rings. The van der Waals surface area contributed by atoms with Crippen LogP contribution in [-0.4, -0.2) is 19.0 Å². The first-order valence-corrected chi connectivity index (χ1v) is 2.53. The van der Waals surface area contributed by atoms with E-state index < -0.39 is 0 Å². The molecule has 0 spiro atoms. The summed E-state index contributed by atoms with van der Waals surface area (Å²) in [4.78, 5) is 3.98. The van der Waals surface area contributed by atoms with E-state index in [1.807, 2.05) is 0 Å². The minimum atomic E-state index is 0.480. The molecule has 1 atom stereocenters. The maximum Gasteiger partial charge on any atom is 0.169 e. The third-order valence-corrected chi connectivity index (χ3v) is 1.04. The Bertz CT molecular complexity index is 80.1. The fraction of sp³-hybridized carbons (Fsp3) is 0.800. The summed E-state index contributed by atoms with van der Waals surface area (Å²) in [5.41, 5.74) is 0. The Morgan fingerprint density at radius 3 is 3.00 bits per heavy atom. The van der Waals surface area contributed by atoms with Gasteiger partial charge in [-0.05, 0) is 6.92 Å². The van der Waals surface area contributed by atoms with Crippen molar-refractivity contribution in [3.63, 3.8) is 0 Å². The number of rotatable bonds is 0. The van der Waals surface area contributed by atoms with Crippen LogP contribution in [0.5, 0.6) is 0 Å². The van der Waals surface area contributed by atoms with E-state index in [1.165, 1.54) is 6.40 Å². The van der Waals surface area contributed by atoms with E-state index in [9.17, 15) is 0 Å². The van der Waals surface area contributed by atoms with Crippen LogP contribution in [0, 0.1) is 0 Å². The SMILES string of the molecule is CC1CCOC=N1. The zero-order chi connectivity index (χ0) is 5.11. The molecule has 1 unspecified atom stereocenters. The quantitative estimate of drug-likeness (QED) is 0.440. The molecule has 0 N–H and O–H groups in total. The van der Waals surface area contributed by atoms with Crippen LogP contribution in [-0.2, 0) is 4.74 Å². The second-order valence-corrected chi connectivity index (χ2v) is 1.76. The summed E-state index contributed by atoms with van der Waals surface area (Å²) < 4.78 is 4.85. The van der Waals surface area contributed by atoms with Gasteiger partial charge in [0.1, 0.15) is 0 Å². The molecule has 2 heteroatoms. The highest BCUT2D eigenvalue weighted by Crippen LogP contribution is 1.99. The molecule has 0 saturated carbocycles. The van der Waals surface area contributed by atoms with Gasteiger partial charge in [0.2, 0.25) is 0 Å². The molecule has 0 amide bonds. The number of nitrogens with zero attached hydrogens (tertiary/aromatic N) is 1. The maximum absolute atomic E-state index is 4.85. The molecule has 40 valence electrons. The lowest BCUT2D eigenvalue weighted by molar-refractivity contribution is 0.279. The van der Waals surface area contributed by atoms with Crippen molar-refractivity contribution in [1.29, 1.82) is 0 Å². The van der Waals surface area contributed by atoms with Crippen LogP contribution in [0.2, 0.25) is 0 Å². The van der Waals surface area contributed by atoms with Crippen LogP contribution in [0.1, 0.15) is 13.3 Å². The summed E-state index contributed by atoms with van der Waals surface area (Å²) >= 11 is 0. The molecule has 0 aromatic heterocycles. The van der Waals surface area contributed by atoms with Gasteiger partial charge in [-0.1, -0.05) is 0 Å². The summed E-state index contributed by atoms with van der Waals surface area (Å²) in [5, 5.41) is 0. The molecule has 0 aromatic carbocycles. The zero-order valence-electron chi connectivity index (χ0n) is 4.42. The standard InChI is InChI=1S/C5H9NO/c1-5-2-3-7-4-6-5/h4-5H,2-3H2,1H3. The minimum Gasteiger partial charge on any atom is -0.483 e. The number of hydrogen-bond acceptors (Lipinski definition) is 2. The lowest BCUT2D eigenvalue weighted by Gasteiger charge is -2.09. The molecule has 2 nitrogen and oxygen atoms in total. The van der Waals surface area contributed by atoms with Gasteiger partial charge in [0.15, 0.2) is 6.40 Å². The van der Waals surface area contributed by atoms with Crippen LogP contribution in [0.4, 0.5) is 0 Å². The van der Waals surface area contributed by atoms with E-state index >= 15 is 0 Å². The Kier molecular flexibility index (Phi) is 1.29. The van der Waals surface area contributed by atoms with Crippen molar-refractivity contribution in [2.24, 2.45) is 4.99 Å². The first kappa shape index (κ1) is 4.62. The molecule has 1 aliphatic rings. The van der Waals surface area contributed by atoms with Crippen LogP contribution in [0.25, 0.3) is 0 Å². The summed E-state index contributed by atoms with van der Waals surface area (Å²) in [6.45, 7) is 2.92. The van der Waals surface area contributed by atoms with Crippen molar-refractivity contribution in [2.75, 3.05) is 6.61 Å². The topological polar surface area (TPSA) is 21.6 Å². The first-order chi connectivity index (χ1) is 3.39. The van der Waals surface area contributed by atoms with E-state index in [0.29, 0.717) is 6.04 Å². The Hall–Kier alpha value is -0.530. The Morgan fingerprint density at radius 1 is 1.86 bits per heavy atom. The van der Waals surface area contributed by atoms with Crippen LogP contribution >= 0.6 is 0 Å². The average molecular weight is 99.1 g/mol. The van der Waals surface area contributed by atoms with E-state index in [1.54, 1.807) is 0 Å². The first-order valence-electron chi connectivity index (χ1n) is 2.53. The van der Waals surface area contributed by atoms with Gasteiger partial charge in [-0.25, -0.2) is 0 Å². The summed E-state index contributed by atoms with van der Waals surface area (Å²) in [7, 11) is 0. The molecule has 0 fully saturated rings. The van der Waals surface area contributed by atoms with Gasteiger partial charge in [-0.2, -0.15) is 0 Å². The van der Waals surface area contributed by atoms with Gasteiger partial charge in [0.25, 0.3) is 0 Å². The minimum absolute atomic E-state index is 0.480. The van der Waals surface area contributed by atoms with Crippen molar-refractivity contribution in [2.45, 2.75) is 19.4 Å². The lowest BCUT2D eigenvalue weighted by Crippen LogP contribution is -2.09. The highest BCUT2D eigenvalue weighted by Gasteiger charge is 2.00. The summed E-state index contributed by atoms with van der Waals surface area (Å²) in [6, 6.07) is 0.480. The number of hydrogen-bond donors (Lipinski definition) is 0. The largest absolute Gasteiger partial charge is 0.483 e. The highest BCUT2D eigenvalue weighted by atomic mass is 16.5. The van der Waals surface area contributed by atoms with E-state index in [2.05, 4.69) is 11.9 Å². The molecule has 0 radical (unpaired) electrons. The predicted octanol–water partition coefficient (Wildman–Crippen LogP) is 0.824. The fourth-order valence-electron chi connectivity index (χ4n) is 0.513. The lowest BCUT2D eigenvalue weighted by atomic mass is 10.2. The molecule has 7 heavy (non-hydrogen) atoms.